The van der Waals surface area contributed by atoms with Gasteiger partial charge in [-0.3, -0.25) is 9.67 Å². The molecule has 0 spiro atoms. The average Bonchev–Trinajstić information content (AvgIpc) is 3.07. The van der Waals surface area contributed by atoms with Crippen LogP contribution in [0.5, 0.6) is 0 Å². The Morgan fingerprint density at radius 1 is 1.42 bits per heavy atom. The first-order chi connectivity index (χ1) is 9.16. The van der Waals surface area contributed by atoms with Crippen molar-refractivity contribution < 1.29 is 0 Å². The molecule has 7 heteroatoms. The Morgan fingerprint density at radius 2 is 2.26 bits per heavy atom. The van der Waals surface area contributed by atoms with E-state index >= 15 is 0 Å². The number of hydrogen-bond donors (Lipinski definition) is 1. The molecule has 0 amide bonds. The Labute approximate surface area is 123 Å². The van der Waals surface area contributed by atoms with E-state index < -0.39 is 0 Å². The van der Waals surface area contributed by atoms with E-state index in [1.54, 1.807) is 22.7 Å². The molecule has 3 rings (SSSR count). The Balaban J connectivity index is 2.10. The number of rotatable bonds is 3. The lowest BCUT2D eigenvalue weighted by Gasteiger charge is -2.12. The van der Waals surface area contributed by atoms with E-state index in [0.717, 1.165) is 21.4 Å². The Hall–Kier alpha value is -1.31. The molecule has 0 saturated heterocycles. The van der Waals surface area contributed by atoms with Crippen LogP contribution in [0.4, 0.5) is 0 Å². The van der Waals surface area contributed by atoms with Crippen molar-refractivity contribution in [3.63, 3.8) is 0 Å². The van der Waals surface area contributed by atoms with Gasteiger partial charge in [0, 0.05) is 11.1 Å². The van der Waals surface area contributed by atoms with E-state index in [9.17, 15) is 0 Å². The predicted molar refractivity (Wildman–Crippen MR) is 81.4 cm³/mol. The number of aromatic amines is 1. The molecule has 0 radical (unpaired) electrons. The molecule has 1 N–H and O–H groups in total. The zero-order valence-electron chi connectivity index (χ0n) is 10.5. The maximum absolute atomic E-state index is 5.36. The van der Waals surface area contributed by atoms with Gasteiger partial charge in [0.2, 0.25) is 0 Å². The standard InChI is InChI=1S/C12H12N4S3/c1-7-6-19-11(13-7)8(2)16-10(14-15-12(16)17)9-4-3-5-18-9/h3-6,8H,1-2H3,(H,15,17). The monoisotopic (exact) mass is 308 g/mol. The predicted octanol–water partition coefficient (Wildman–Crippen LogP) is 4.04. The average molecular weight is 308 g/mol. The first-order valence-electron chi connectivity index (χ1n) is 5.79. The molecular weight excluding hydrogens is 296 g/mol. The van der Waals surface area contributed by atoms with Crippen LogP contribution in [0.1, 0.15) is 23.7 Å². The van der Waals surface area contributed by atoms with E-state index in [4.69, 9.17) is 12.2 Å². The fourth-order valence-electron chi connectivity index (χ4n) is 1.92. The van der Waals surface area contributed by atoms with Gasteiger partial charge in [-0.2, -0.15) is 5.10 Å². The topological polar surface area (TPSA) is 46.5 Å². The highest BCUT2D eigenvalue weighted by atomic mass is 32.1. The molecule has 0 bridgehead atoms. The number of hydrogen-bond acceptors (Lipinski definition) is 5. The summed E-state index contributed by atoms with van der Waals surface area (Å²) in [5.74, 6) is 0.875. The minimum Gasteiger partial charge on any atom is -0.290 e. The number of nitrogens with one attached hydrogen (secondary N) is 1. The van der Waals surface area contributed by atoms with Crippen molar-refractivity contribution in [2.24, 2.45) is 0 Å². The smallest absolute Gasteiger partial charge is 0.196 e. The third-order valence-electron chi connectivity index (χ3n) is 2.83. The van der Waals surface area contributed by atoms with Crippen LogP contribution in [-0.2, 0) is 0 Å². The van der Waals surface area contributed by atoms with Crippen LogP contribution in [0.3, 0.4) is 0 Å². The number of nitrogens with zero attached hydrogens (tertiary/aromatic N) is 3. The highest BCUT2D eigenvalue weighted by molar-refractivity contribution is 7.71. The van der Waals surface area contributed by atoms with E-state index in [1.807, 2.05) is 29.0 Å². The molecule has 3 aromatic rings. The van der Waals surface area contributed by atoms with Crippen LogP contribution >= 0.6 is 34.9 Å². The van der Waals surface area contributed by atoms with Gasteiger partial charge in [0.1, 0.15) is 5.01 Å². The summed E-state index contributed by atoms with van der Waals surface area (Å²) in [6, 6.07) is 4.15. The molecule has 98 valence electrons. The zero-order chi connectivity index (χ0) is 13.4. The third-order valence-corrected chi connectivity index (χ3v) is 5.11. The van der Waals surface area contributed by atoms with Crippen LogP contribution in [0.15, 0.2) is 22.9 Å². The summed E-state index contributed by atoms with van der Waals surface area (Å²) in [7, 11) is 0. The minimum absolute atomic E-state index is 0.0852. The summed E-state index contributed by atoms with van der Waals surface area (Å²) < 4.78 is 2.66. The van der Waals surface area contributed by atoms with Gasteiger partial charge in [-0.05, 0) is 37.5 Å². The van der Waals surface area contributed by atoms with Crippen molar-refractivity contribution in [2.75, 3.05) is 0 Å². The van der Waals surface area contributed by atoms with E-state index in [1.165, 1.54) is 0 Å². The number of thiophene rings is 1. The molecule has 1 atom stereocenters. The molecule has 3 heterocycles. The van der Waals surface area contributed by atoms with Gasteiger partial charge in [0.05, 0.1) is 10.9 Å². The molecule has 0 saturated carbocycles. The van der Waals surface area contributed by atoms with Crippen LogP contribution in [0, 0.1) is 11.7 Å². The van der Waals surface area contributed by atoms with E-state index in [0.29, 0.717) is 4.77 Å². The second-order valence-corrected chi connectivity index (χ2v) is 6.43. The fourth-order valence-corrected chi connectivity index (χ4v) is 3.76. The van der Waals surface area contributed by atoms with E-state index in [-0.39, 0.29) is 6.04 Å². The third kappa shape index (κ3) is 2.29. The normalized spacial score (nSPS) is 12.7. The van der Waals surface area contributed by atoms with Gasteiger partial charge in [-0.25, -0.2) is 4.98 Å². The number of aryl methyl sites for hydroxylation is 1. The summed E-state index contributed by atoms with van der Waals surface area (Å²) >= 11 is 8.66. The van der Waals surface area contributed by atoms with Gasteiger partial charge < -0.3 is 0 Å². The minimum atomic E-state index is 0.0852. The van der Waals surface area contributed by atoms with Gasteiger partial charge in [-0.1, -0.05) is 6.07 Å². The molecular formula is C12H12N4S3. The largest absolute Gasteiger partial charge is 0.290 e. The maximum atomic E-state index is 5.36. The molecule has 0 aliphatic carbocycles. The summed E-state index contributed by atoms with van der Waals surface area (Å²) in [6.45, 7) is 4.10. The van der Waals surface area contributed by atoms with Gasteiger partial charge >= 0.3 is 0 Å². The number of thiazole rings is 1. The highest BCUT2D eigenvalue weighted by Gasteiger charge is 2.18. The van der Waals surface area contributed by atoms with Gasteiger partial charge in [-0.15, -0.1) is 22.7 Å². The molecule has 19 heavy (non-hydrogen) atoms. The number of aromatic nitrogens is 4. The van der Waals surface area contributed by atoms with Crippen LogP contribution in [-0.4, -0.2) is 19.7 Å². The zero-order valence-corrected chi connectivity index (χ0v) is 12.9. The lowest BCUT2D eigenvalue weighted by molar-refractivity contribution is 0.630. The molecule has 0 aromatic carbocycles. The molecule has 0 fully saturated rings. The Kier molecular flexibility index (Phi) is 3.34. The summed E-state index contributed by atoms with van der Waals surface area (Å²) in [4.78, 5) is 5.65. The van der Waals surface area contributed by atoms with Crippen molar-refractivity contribution in [2.45, 2.75) is 19.9 Å². The number of H-pyrrole nitrogens is 1. The molecule has 0 aliphatic rings. The Bertz CT molecular complexity index is 735. The Morgan fingerprint density at radius 3 is 2.89 bits per heavy atom. The van der Waals surface area contributed by atoms with Crippen molar-refractivity contribution in [1.29, 1.82) is 0 Å². The summed E-state index contributed by atoms with van der Waals surface area (Å²) in [5.41, 5.74) is 1.04. The quantitative estimate of drug-likeness (QED) is 0.743. The summed E-state index contributed by atoms with van der Waals surface area (Å²) in [6.07, 6.45) is 0. The summed E-state index contributed by atoms with van der Waals surface area (Å²) in [5, 5.41) is 12.4. The van der Waals surface area contributed by atoms with Crippen molar-refractivity contribution in [3.8, 4) is 10.7 Å². The maximum Gasteiger partial charge on any atom is 0.196 e. The fraction of sp³-hybridized carbons (Fsp3) is 0.250. The van der Waals surface area contributed by atoms with Crippen molar-refractivity contribution in [1.82, 2.24) is 19.7 Å². The molecule has 3 aromatic heterocycles. The van der Waals surface area contributed by atoms with Gasteiger partial charge in [0.15, 0.2) is 10.6 Å². The van der Waals surface area contributed by atoms with Crippen molar-refractivity contribution >= 4 is 34.9 Å². The van der Waals surface area contributed by atoms with Crippen LogP contribution in [0.25, 0.3) is 10.7 Å². The molecule has 4 nitrogen and oxygen atoms in total. The second-order valence-electron chi connectivity index (χ2n) is 4.20. The first kappa shape index (κ1) is 12.7. The van der Waals surface area contributed by atoms with Crippen LogP contribution < -0.4 is 0 Å². The first-order valence-corrected chi connectivity index (χ1v) is 7.96. The van der Waals surface area contributed by atoms with Crippen LogP contribution in [0.2, 0.25) is 0 Å². The lowest BCUT2D eigenvalue weighted by atomic mass is 10.3. The molecule has 1 unspecified atom stereocenters. The second kappa shape index (κ2) is 4.99. The lowest BCUT2D eigenvalue weighted by Crippen LogP contribution is -2.08. The van der Waals surface area contributed by atoms with E-state index in [2.05, 4.69) is 27.5 Å². The molecule has 0 aliphatic heterocycles. The SMILES string of the molecule is Cc1csc(C(C)n2c(-c3cccs3)n[nH]c2=S)n1. The highest BCUT2D eigenvalue weighted by Crippen LogP contribution is 2.29. The van der Waals surface area contributed by atoms with Gasteiger partial charge in [0.25, 0.3) is 0 Å². The van der Waals surface area contributed by atoms with Crippen molar-refractivity contribution in [3.05, 3.63) is 38.4 Å².